The molecule has 0 N–H and O–H groups in total. The van der Waals surface area contributed by atoms with Gasteiger partial charge in [-0.1, -0.05) is 67.9 Å². The molecule has 0 heterocycles. The quantitative estimate of drug-likeness (QED) is 0.693. The van der Waals surface area contributed by atoms with Crippen LogP contribution in [-0.4, -0.2) is 5.33 Å². The Morgan fingerprint density at radius 3 is 1.94 bits per heavy atom. The van der Waals surface area contributed by atoms with Crippen LogP contribution in [0.15, 0.2) is 24.3 Å². The average Bonchev–Trinajstić information content (AvgIpc) is 2.25. The summed E-state index contributed by atoms with van der Waals surface area (Å²) < 4.78 is 0. The van der Waals surface area contributed by atoms with Gasteiger partial charge >= 0.3 is 0 Å². The molecule has 0 aliphatic heterocycles. The summed E-state index contributed by atoms with van der Waals surface area (Å²) in [5, 5.41) is 1.08. The number of alkyl halides is 1. The van der Waals surface area contributed by atoms with Crippen molar-refractivity contribution in [2.24, 2.45) is 11.3 Å². The molecule has 0 aromatic heterocycles. The van der Waals surface area contributed by atoms with Gasteiger partial charge in [0, 0.05) is 5.33 Å². The maximum atomic E-state index is 3.64. The number of benzene rings is 1. The summed E-state index contributed by atoms with van der Waals surface area (Å²) >= 11 is 3.64. The third-order valence-corrected chi connectivity index (χ3v) is 4.11. The van der Waals surface area contributed by atoms with Crippen molar-refractivity contribution in [2.75, 3.05) is 5.33 Å². The molecule has 0 bridgehead atoms. The summed E-state index contributed by atoms with van der Waals surface area (Å²) in [5.74, 6) is 0.694. The molecule has 1 atom stereocenters. The molecule has 1 heteroatoms. The van der Waals surface area contributed by atoms with E-state index in [1.807, 2.05) is 0 Å². The Labute approximate surface area is 109 Å². The Balaban J connectivity index is 2.71. The van der Waals surface area contributed by atoms with Crippen LogP contribution in [0.2, 0.25) is 0 Å². The Kier molecular flexibility index (Phi) is 5.04. The average molecular weight is 283 g/mol. The highest BCUT2D eigenvalue weighted by atomic mass is 79.9. The molecule has 0 saturated carbocycles. The van der Waals surface area contributed by atoms with Crippen LogP contribution in [0.1, 0.15) is 38.8 Å². The number of aryl methyl sites for hydroxylation is 1. The third kappa shape index (κ3) is 3.93. The van der Waals surface area contributed by atoms with Crippen LogP contribution in [0.25, 0.3) is 0 Å². The van der Waals surface area contributed by atoms with Gasteiger partial charge in [0.05, 0.1) is 0 Å². The van der Waals surface area contributed by atoms with Crippen LogP contribution >= 0.6 is 15.9 Å². The monoisotopic (exact) mass is 282 g/mol. The first-order valence-electron chi connectivity index (χ1n) is 6.11. The summed E-state index contributed by atoms with van der Waals surface area (Å²) in [7, 11) is 0. The minimum Gasteiger partial charge on any atom is -0.0925 e. The van der Waals surface area contributed by atoms with E-state index in [1.54, 1.807) is 0 Å². The van der Waals surface area contributed by atoms with Gasteiger partial charge in [0.15, 0.2) is 0 Å². The maximum Gasteiger partial charge on any atom is 0.00678 e. The maximum absolute atomic E-state index is 3.64. The molecule has 0 saturated heterocycles. The Morgan fingerprint density at radius 2 is 1.56 bits per heavy atom. The molecule has 0 nitrogen and oxygen atoms in total. The topological polar surface area (TPSA) is 0 Å². The van der Waals surface area contributed by atoms with Crippen LogP contribution < -0.4 is 0 Å². The number of halogens is 1. The van der Waals surface area contributed by atoms with Crippen molar-refractivity contribution in [1.82, 2.24) is 0 Å². The zero-order chi connectivity index (χ0) is 12.2. The van der Waals surface area contributed by atoms with Crippen molar-refractivity contribution >= 4 is 15.9 Å². The molecular weight excluding hydrogens is 260 g/mol. The predicted octanol–water partition coefficient (Wildman–Crippen LogP) is 4.85. The normalized spacial score (nSPS) is 13.8. The van der Waals surface area contributed by atoms with Crippen LogP contribution in [0, 0.1) is 11.3 Å². The molecule has 0 radical (unpaired) electrons. The van der Waals surface area contributed by atoms with Gasteiger partial charge in [0.2, 0.25) is 0 Å². The van der Waals surface area contributed by atoms with E-state index in [0.29, 0.717) is 11.3 Å². The minimum absolute atomic E-state index is 0.368. The summed E-state index contributed by atoms with van der Waals surface area (Å²) in [4.78, 5) is 0. The lowest BCUT2D eigenvalue weighted by molar-refractivity contribution is 0.267. The van der Waals surface area contributed by atoms with E-state index < -0.39 is 0 Å². The zero-order valence-corrected chi connectivity index (χ0v) is 12.5. The van der Waals surface area contributed by atoms with Crippen molar-refractivity contribution in [3.05, 3.63) is 35.4 Å². The first-order valence-corrected chi connectivity index (χ1v) is 7.23. The van der Waals surface area contributed by atoms with E-state index in [9.17, 15) is 0 Å². The van der Waals surface area contributed by atoms with Crippen molar-refractivity contribution in [1.29, 1.82) is 0 Å². The second-order valence-corrected chi connectivity index (χ2v) is 6.24. The van der Waals surface area contributed by atoms with Gasteiger partial charge in [-0.3, -0.25) is 0 Å². The van der Waals surface area contributed by atoms with Crippen LogP contribution in [0.5, 0.6) is 0 Å². The molecule has 1 aromatic rings. The Bertz CT molecular complexity index is 305. The van der Waals surface area contributed by atoms with E-state index in [-0.39, 0.29) is 0 Å². The number of hydrogen-bond acceptors (Lipinski definition) is 0. The second-order valence-electron chi connectivity index (χ2n) is 5.59. The fourth-order valence-electron chi connectivity index (χ4n) is 1.79. The lowest BCUT2D eigenvalue weighted by atomic mass is 9.78. The molecule has 0 aliphatic carbocycles. The fraction of sp³-hybridized carbons (Fsp3) is 0.600. The molecule has 0 aliphatic rings. The Hall–Kier alpha value is -0.300. The summed E-state index contributed by atoms with van der Waals surface area (Å²) in [6.45, 7) is 9.16. The van der Waals surface area contributed by atoms with Gasteiger partial charge in [-0.05, 0) is 35.3 Å². The Morgan fingerprint density at radius 1 is 1.06 bits per heavy atom. The van der Waals surface area contributed by atoms with Gasteiger partial charge in [-0.2, -0.15) is 0 Å². The molecular formula is C15H23Br. The summed E-state index contributed by atoms with van der Waals surface area (Å²) in [6, 6.07) is 9.06. The van der Waals surface area contributed by atoms with Gasteiger partial charge in [0.25, 0.3) is 0 Å². The smallest absolute Gasteiger partial charge is 0.00678 e. The lowest BCUT2D eigenvalue weighted by Crippen LogP contribution is -2.23. The van der Waals surface area contributed by atoms with Gasteiger partial charge in [0.1, 0.15) is 0 Å². The highest BCUT2D eigenvalue weighted by Crippen LogP contribution is 2.30. The molecule has 0 fully saturated rings. The van der Waals surface area contributed by atoms with Gasteiger partial charge in [-0.15, -0.1) is 0 Å². The van der Waals surface area contributed by atoms with E-state index >= 15 is 0 Å². The second kappa shape index (κ2) is 5.86. The van der Waals surface area contributed by atoms with E-state index in [0.717, 1.165) is 11.8 Å². The van der Waals surface area contributed by atoms with Crippen molar-refractivity contribution in [3.63, 3.8) is 0 Å². The summed E-state index contributed by atoms with van der Waals surface area (Å²) in [6.07, 6.45) is 2.29. The molecule has 1 rings (SSSR count). The highest BCUT2D eigenvalue weighted by molar-refractivity contribution is 9.09. The predicted molar refractivity (Wildman–Crippen MR) is 76.3 cm³/mol. The molecule has 16 heavy (non-hydrogen) atoms. The van der Waals surface area contributed by atoms with Gasteiger partial charge in [-0.25, -0.2) is 0 Å². The minimum atomic E-state index is 0.368. The molecule has 0 amide bonds. The van der Waals surface area contributed by atoms with Crippen LogP contribution in [-0.2, 0) is 12.8 Å². The van der Waals surface area contributed by atoms with Gasteiger partial charge < -0.3 is 0 Å². The number of rotatable bonds is 4. The van der Waals surface area contributed by atoms with Crippen LogP contribution in [0.3, 0.4) is 0 Å². The SMILES string of the molecule is CCc1ccc(CC(CBr)C(C)(C)C)cc1. The van der Waals surface area contributed by atoms with E-state index in [2.05, 4.69) is 67.9 Å². The highest BCUT2D eigenvalue weighted by Gasteiger charge is 2.23. The first kappa shape index (κ1) is 13.8. The molecule has 1 aromatic carbocycles. The standard InChI is InChI=1S/C15H23Br/c1-5-12-6-8-13(9-7-12)10-14(11-16)15(2,3)4/h6-9,14H,5,10-11H2,1-4H3. The third-order valence-electron chi connectivity index (χ3n) is 3.32. The van der Waals surface area contributed by atoms with Crippen LogP contribution in [0.4, 0.5) is 0 Å². The van der Waals surface area contributed by atoms with Crippen molar-refractivity contribution in [3.8, 4) is 0 Å². The van der Waals surface area contributed by atoms with E-state index in [4.69, 9.17) is 0 Å². The largest absolute Gasteiger partial charge is 0.0925 e. The number of hydrogen-bond donors (Lipinski definition) is 0. The lowest BCUT2D eigenvalue weighted by Gasteiger charge is -2.29. The van der Waals surface area contributed by atoms with E-state index in [1.165, 1.54) is 17.5 Å². The molecule has 1 unspecified atom stereocenters. The fourth-order valence-corrected chi connectivity index (χ4v) is 2.99. The molecule has 0 spiro atoms. The van der Waals surface area contributed by atoms with Crippen molar-refractivity contribution < 1.29 is 0 Å². The van der Waals surface area contributed by atoms with Crippen molar-refractivity contribution in [2.45, 2.75) is 40.5 Å². The zero-order valence-electron chi connectivity index (χ0n) is 10.9. The first-order chi connectivity index (χ1) is 7.47. The summed E-state index contributed by atoms with van der Waals surface area (Å²) in [5.41, 5.74) is 3.25. The molecule has 90 valence electrons.